The number of rotatable bonds is 7. The van der Waals surface area contributed by atoms with E-state index in [-0.39, 0.29) is 11.8 Å². The van der Waals surface area contributed by atoms with Gasteiger partial charge in [-0.2, -0.15) is 4.98 Å². The van der Waals surface area contributed by atoms with Crippen LogP contribution in [0.5, 0.6) is 0 Å². The van der Waals surface area contributed by atoms with Crippen LogP contribution in [0, 0.1) is 5.92 Å². The van der Waals surface area contributed by atoms with Gasteiger partial charge in [-0.25, -0.2) is 0 Å². The van der Waals surface area contributed by atoms with Crippen molar-refractivity contribution in [1.29, 1.82) is 0 Å². The zero-order valence-electron chi connectivity index (χ0n) is 16.8. The first-order valence-electron chi connectivity index (χ1n) is 10.5. The van der Waals surface area contributed by atoms with Gasteiger partial charge >= 0.3 is 0 Å². The van der Waals surface area contributed by atoms with Crippen LogP contribution in [0.15, 0.2) is 34.9 Å². The fourth-order valence-corrected chi connectivity index (χ4v) is 3.93. The molecule has 2 aromatic rings. The molecule has 8 heteroatoms. The minimum absolute atomic E-state index is 0.0185. The number of benzene rings is 1. The summed E-state index contributed by atoms with van der Waals surface area (Å²) in [7, 11) is 0. The lowest BCUT2D eigenvalue weighted by Crippen LogP contribution is -2.45. The summed E-state index contributed by atoms with van der Waals surface area (Å²) in [4.78, 5) is 21.7. The molecule has 2 fully saturated rings. The first-order chi connectivity index (χ1) is 14.3. The molecule has 2 aliphatic heterocycles. The number of aromatic nitrogens is 2. The first kappa shape index (κ1) is 20.0. The van der Waals surface area contributed by atoms with E-state index in [1.807, 2.05) is 30.3 Å². The molecule has 1 aromatic heterocycles. The molecule has 0 spiro atoms. The Morgan fingerprint density at radius 1 is 1.14 bits per heavy atom. The van der Waals surface area contributed by atoms with E-state index in [9.17, 15) is 4.79 Å². The number of ether oxygens (including phenoxy) is 1. The topological polar surface area (TPSA) is 83.7 Å². The lowest BCUT2D eigenvalue weighted by molar-refractivity contribution is -0.126. The van der Waals surface area contributed by atoms with E-state index < -0.39 is 0 Å². The minimum Gasteiger partial charge on any atom is -0.379 e. The van der Waals surface area contributed by atoms with Crippen molar-refractivity contribution in [1.82, 2.24) is 25.3 Å². The largest absolute Gasteiger partial charge is 0.379 e. The maximum absolute atomic E-state index is 12.6. The lowest BCUT2D eigenvalue weighted by Gasteiger charge is -2.31. The highest BCUT2D eigenvalue weighted by Gasteiger charge is 2.27. The van der Waals surface area contributed by atoms with Gasteiger partial charge in [0.25, 0.3) is 0 Å². The summed E-state index contributed by atoms with van der Waals surface area (Å²) in [6.07, 6.45) is 1.93. The summed E-state index contributed by atoms with van der Waals surface area (Å²) in [6, 6.07) is 9.81. The smallest absolute Gasteiger partial charge is 0.241 e. The predicted octanol–water partition coefficient (Wildman–Crippen LogP) is 1.40. The third-order valence-corrected chi connectivity index (χ3v) is 5.57. The van der Waals surface area contributed by atoms with Gasteiger partial charge in [-0.3, -0.25) is 14.6 Å². The Labute approximate surface area is 171 Å². The quantitative estimate of drug-likeness (QED) is 0.753. The normalized spacial score (nSPS) is 21.2. The molecular weight excluding hydrogens is 370 g/mol. The zero-order valence-corrected chi connectivity index (χ0v) is 16.8. The SMILES string of the molecule is O=C(NCCN1CCOCC1)C1CCCN(Cc2nc(-c3ccccc3)no2)C1. The fraction of sp³-hybridized carbons (Fsp3) is 0.571. The van der Waals surface area contributed by atoms with E-state index in [1.165, 1.54) is 0 Å². The van der Waals surface area contributed by atoms with Crippen molar-refractivity contribution in [3.8, 4) is 11.4 Å². The highest BCUT2D eigenvalue weighted by Crippen LogP contribution is 2.20. The predicted molar refractivity (Wildman–Crippen MR) is 108 cm³/mol. The van der Waals surface area contributed by atoms with Gasteiger partial charge in [0, 0.05) is 38.3 Å². The van der Waals surface area contributed by atoms with Gasteiger partial charge in [-0.15, -0.1) is 0 Å². The standard InChI is InChI=1S/C21H29N5O3/c27-21(22-8-10-25-11-13-28-14-12-25)18-7-4-9-26(15-18)16-19-23-20(24-29-19)17-5-2-1-3-6-17/h1-3,5-6,18H,4,7-16H2,(H,22,27). The number of morpholine rings is 1. The maximum atomic E-state index is 12.6. The Morgan fingerprint density at radius 3 is 2.79 bits per heavy atom. The third-order valence-electron chi connectivity index (χ3n) is 5.57. The molecule has 8 nitrogen and oxygen atoms in total. The van der Waals surface area contributed by atoms with E-state index in [0.29, 0.717) is 24.8 Å². The molecule has 1 aromatic carbocycles. The van der Waals surface area contributed by atoms with Crippen molar-refractivity contribution in [3.05, 3.63) is 36.2 Å². The lowest BCUT2D eigenvalue weighted by atomic mass is 9.97. The Kier molecular flexibility index (Phi) is 6.87. The molecule has 156 valence electrons. The summed E-state index contributed by atoms with van der Waals surface area (Å²) in [5, 5.41) is 7.20. The number of carbonyl (C=O) groups is 1. The second-order valence-electron chi connectivity index (χ2n) is 7.70. The van der Waals surface area contributed by atoms with Crippen LogP contribution < -0.4 is 5.32 Å². The van der Waals surface area contributed by atoms with Crippen LogP contribution in [-0.4, -0.2) is 78.3 Å². The first-order valence-corrected chi connectivity index (χ1v) is 10.5. The third kappa shape index (κ3) is 5.62. The van der Waals surface area contributed by atoms with Gasteiger partial charge in [0.15, 0.2) is 0 Å². The maximum Gasteiger partial charge on any atom is 0.241 e. The number of hydrogen-bond acceptors (Lipinski definition) is 7. The number of nitrogens with zero attached hydrogens (tertiary/aromatic N) is 4. The van der Waals surface area contributed by atoms with Crippen LogP contribution in [0.25, 0.3) is 11.4 Å². The summed E-state index contributed by atoms with van der Waals surface area (Å²) in [5.74, 6) is 1.37. The Bertz CT molecular complexity index is 776. The number of likely N-dealkylation sites (tertiary alicyclic amines) is 1. The molecule has 1 unspecified atom stereocenters. The minimum atomic E-state index is 0.0185. The monoisotopic (exact) mass is 399 g/mol. The van der Waals surface area contributed by atoms with E-state index in [4.69, 9.17) is 9.26 Å². The molecule has 3 heterocycles. The zero-order chi connectivity index (χ0) is 19.9. The summed E-state index contributed by atoms with van der Waals surface area (Å²) >= 11 is 0. The van der Waals surface area contributed by atoms with Crippen LogP contribution >= 0.6 is 0 Å². The van der Waals surface area contributed by atoms with Crippen LogP contribution in [0.3, 0.4) is 0 Å². The van der Waals surface area contributed by atoms with Crippen molar-refractivity contribution < 1.29 is 14.1 Å². The molecule has 1 amide bonds. The molecule has 1 N–H and O–H groups in total. The molecule has 0 aliphatic carbocycles. The van der Waals surface area contributed by atoms with Crippen LogP contribution in [0.2, 0.25) is 0 Å². The average Bonchev–Trinajstić information content (AvgIpc) is 3.24. The van der Waals surface area contributed by atoms with Gasteiger partial charge in [-0.05, 0) is 19.4 Å². The van der Waals surface area contributed by atoms with E-state index in [1.54, 1.807) is 0 Å². The van der Waals surface area contributed by atoms with E-state index in [2.05, 4.69) is 25.3 Å². The average molecular weight is 399 g/mol. The summed E-state index contributed by atoms with van der Waals surface area (Å²) < 4.78 is 10.8. The number of amides is 1. The molecule has 0 radical (unpaired) electrons. The van der Waals surface area contributed by atoms with Crippen molar-refractivity contribution >= 4 is 5.91 Å². The number of carbonyl (C=O) groups excluding carboxylic acids is 1. The number of nitrogens with one attached hydrogen (secondary N) is 1. The molecule has 29 heavy (non-hydrogen) atoms. The van der Waals surface area contributed by atoms with E-state index in [0.717, 1.165) is 64.3 Å². The molecule has 0 bridgehead atoms. The van der Waals surface area contributed by atoms with Crippen LogP contribution in [-0.2, 0) is 16.1 Å². The van der Waals surface area contributed by atoms with Crippen LogP contribution in [0.4, 0.5) is 0 Å². The number of piperidine rings is 1. The Balaban J connectivity index is 1.24. The van der Waals surface area contributed by atoms with Gasteiger partial charge in [0.05, 0.1) is 25.7 Å². The molecule has 0 saturated carbocycles. The second kappa shape index (κ2) is 9.96. The Morgan fingerprint density at radius 2 is 1.97 bits per heavy atom. The molecule has 1 atom stereocenters. The van der Waals surface area contributed by atoms with Crippen molar-refractivity contribution in [3.63, 3.8) is 0 Å². The highest BCUT2D eigenvalue weighted by molar-refractivity contribution is 5.78. The molecule has 2 aliphatic rings. The van der Waals surface area contributed by atoms with Crippen molar-refractivity contribution in [2.75, 3.05) is 52.5 Å². The second-order valence-corrected chi connectivity index (χ2v) is 7.70. The van der Waals surface area contributed by atoms with Gasteiger partial charge in [0.2, 0.25) is 17.6 Å². The van der Waals surface area contributed by atoms with Crippen LogP contribution in [0.1, 0.15) is 18.7 Å². The molecule has 2 saturated heterocycles. The van der Waals surface area contributed by atoms with E-state index >= 15 is 0 Å². The molecular formula is C21H29N5O3. The van der Waals surface area contributed by atoms with Crippen molar-refractivity contribution in [2.45, 2.75) is 19.4 Å². The van der Waals surface area contributed by atoms with Gasteiger partial charge in [0.1, 0.15) is 0 Å². The molecule has 4 rings (SSSR count). The fourth-order valence-electron chi connectivity index (χ4n) is 3.93. The van der Waals surface area contributed by atoms with Crippen molar-refractivity contribution in [2.24, 2.45) is 5.92 Å². The van der Waals surface area contributed by atoms with Gasteiger partial charge in [-0.1, -0.05) is 35.5 Å². The Hall–Kier alpha value is -2.29. The highest BCUT2D eigenvalue weighted by atomic mass is 16.5. The summed E-state index contributed by atoms with van der Waals surface area (Å²) in [5.41, 5.74) is 0.943. The summed E-state index contributed by atoms with van der Waals surface area (Å²) in [6.45, 7) is 7.30. The van der Waals surface area contributed by atoms with Gasteiger partial charge < -0.3 is 14.6 Å². The number of hydrogen-bond donors (Lipinski definition) is 1.